The van der Waals surface area contributed by atoms with Gasteiger partial charge in [0.1, 0.15) is 17.3 Å². The molecule has 0 fully saturated rings. The Morgan fingerprint density at radius 1 is 1.53 bits per heavy atom. The molecule has 0 atom stereocenters. The first-order valence-electron chi connectivity index (χ1n) is 4.64. The summed E-state index contributed by atoms with van der Waals surface area (Å²) < 4.78 is 22.7. The van der Waals surface area contributed by atoms with Gasteiger partial charge in [-0.25, -0.2) is 14.2 Å². The summed E-state index contributed by atoms with van der Waals surface area (Å²) in [6.45, 7) is 0. The highest BCUT2D eigenvalue weighted by Crippen LogP contribution is 2.31. The highest BCUT2D eigenvalue weighted by molar-refractivity contribution is 5.92. The Labute approximate surface area is 95.5 Å². The number of carboxylic acids is 1. The van der Waals surface area contributed by atoms with Crippen LogP contribution in [0.4, 0.5) is 4.39 Å². The summed E-state index contributed by atoms with van der Waals surface area (Å²) in [5.41, 5.74) is 0.467. The molecule has 0 spiro atoms. The molecule has 1 heterocycles. The molecule has 0 bridgehead atoms. The van der Waals surface area contributed by atoms with Crippen LogP contribution in [0.15, 0.2) is 29.0 Å². The lowest BCUT2D eigenvalue weighted by atomic mass is 10.1. The quantitative estimate of drug-likeness (QED) is 0.885. The molecule has 6 heteroatoms. The number of aromatic nitrogens is 1. The van der Waals surface area contributed by atoms with Crippen molar-refractivity contribution in [2.45, 2.75) is 0 Å². The molecule has 0 aliphatic carbocycles. The van der Waals surface area contributed by atoms with E-state index in [9.17, 15) is 9.18 Å². The molecular weight excluding hydrogens is 229 g/mol. The molecule has 1 aromatic carbocycles. The van der Waals surface area contributed by atoms with Crippen LogP contribution < -0.4 is 4.74 Å². The number of nitrogens with zero attached hydrogens (tertiary/aromatic N) is 1. The molecule has 2 aromatic rings. The normalized spacial score (nSPS) is 10.2. The number of ether oxygens (including phenoxy) is 1. The molecule has 0 saturated heterocycles. The van der Waals surface area contributed by atoms with Gasteiger partial charge in [-0.15, -0.1) is 0 Å². The molecule has 0 aliphatic heterocycles. The standard InChI is InChI=1S/C11H8FNO4/c1-16-8-4-6(12)2-3-7(8)9-10(11(14)15)17-5-13-9/h2-5H,1H3,(H,14,15). The van der Waals surface area contributed by atoms with Gasteiger partial charge in [0, 0.05) is 11.6 Å². The van der Waals surface area contributed by atoms with Crippen LogP contribution in [0.3, 0.4) is 0 Å². The number of rotatable bonds is 3. The zero-order chi connectivity index (χ0) is 12.4. The Hall–Kier alpha value is -2.37. The van der Waals surface area contributed by atoms with Crippen molar-refractivity contribution in [1.29, 1.82) is 0 Å². The molecule has 0 saturated carbocycles. The van der Waals surface area contributed by atoms with Crippen LogP contribution in [0, 0.1) is 5.82 Å². The molecule has 0 radical (unpaired) electrons. The number of halogens is 1. The maximum atomic E-state index is 13.0. The Bertz CT molecular complexity index is 564. The van der Waals surface area contributed by atoms with Crippen molar-refractivity contribution in [2.75, 3.05) is 7.11 Å². The third-order valence-electron chi connectivity index (χ3n) is 2.18. The number of oxazole rings is 1. The average molecular weight is 237 g/mol. The van der Waals surface area contributed by atoms with Gasteiger partial charge in [-0.2, -0.15) is 0 Å². The predicted octanol–water partition coefficient (Wildman–Crippen LogP) is 2.19. The average Bonchev–Trinajstić information content (AvgIpc) is 2.77. The molecular formula is C11H8FNO4. The summed E-state index contributed by atoms with van der Waals surface area (Å²) in [7, 11) is 1.36. The fourth-order valence-electron chi connectivity index (χ4n) is 1.45. The summed E-state index contributed by atoms with van der Waals surface area (Å²) in [5, 5.41) is 8.89. The number of methoxy groups -OCH3 is 1. The van der Waals surface area contributed by atoms with Crippen LogP contribution in [-0.2, 0) is 0 Å². The smallest absolute Gasteiger partial charge is 0.374 e. The van der Waals surface area contributed by atoms with Crippen molar-refractivity contribution in [2.24, 2.45) is 0 Å². The maximum absolute atomic E-state index is 13.0. The number of carboxylic acid groups (broad SMARTS) is 1. The lowest BCUT2D eigenvalue weighted by Gasteiger charge is -2.06. The van der Waals surface area contributed by atoms with E-state index in [0.29, 0.717) is 5.56 Å². The molecule has 1 N–H and O–H groups in total. The van der Waals surface area contributed by atoms with Crippen LogP contribution in [0.1, 0.15) is 10.6 Å². The van der Waals surface area contributed by atoms with E-state index < -0.39 is 11.8 Å². The fraction of sp³-hybridized carbons (Fsp3) is 0.0909. The third-order valence-corrected chi connectivity index (χ3v) is 2.18. The number of hydrogen-bond acceptors (Lipinski definition) is 4. The van der Waals surface area contributed by atoms with E-state index in [0.717, 1.165) is 12.5 Å². The monoisotopic (exact) mass is 237 g/mol. The summed E-state index contributed by atoms with van der Waals surface area (Å²) in [5.74, 6) is -1.84. The summed E-state index contributed by atoms with van der Waals surface area (Å²) in [4.78, 5) is 14.7. The van der Waals surface area contributed by atoms with E-state index in [1.165, 1.54) is 19.2 Å². The van der Waals surface area contributed by atoms with Crippen LogP contribution >= 0.6 is 0 Å². The first kappa shape index (κ1) is 11.1. The molecule has 5 nitrogen and oxygen atoms in total. The fourth-order valence-corrected chi connectivity index (χ4v) is 1.45. The Kier molecular flexibility index (Phi) is 2.78. The molecule has 17 heavy (non-hydrogen) atoms. The van der Waals surface area contributed by atoms with E-state index in [2.05, 4.69) is 4.98 Å². The summed E-state index contributed by atoms with van der Waals surface area (Å²) in [6.07, 6.45) is 1.02. The number of aromatic carboxylic acids is 1. The van der Waals surface area contributed by atoms with E-state index in [4.69, 9.17) is 14.3 Å². The zero-order valence-electron chi connectivity index (χ0n) is 8.81. The van der Waals surface area contributed by atoms with Crippen molar-refractivity contribution in [1.82, 2.24) is 4.98 Å². The number of carbonyl (C=O) groups is 1. The van der Waals surface area contributed by atoms with Crippen molar-refractivity contribution >= 4 is 5.97 Å². The van der Waals surface area contributed by atoms with Crippen molar-refractivity contribution in [3.8, 4) is 17.0 Å². The van der Waals surface area contributed by atoms with Crippen LogP contribution in [0.2, 0.25) is 0 Å². The summed E-state index contributed by atoms with van der Waals surface area (Å²) in [6, 6.07) is 3.73. The highest BCUT2D eigenvalue weighted by atomic mass is 19.1. The van der Waals surface area contributed by atoms with Gasteiger partial charge < -0.3 is 14.3 Å². The molecule has 88 valence electrons. The van der Waals surface area contributed by atoms with Gasteiger partial charge in [-0.05, 0) is 12.1 Å². The first-order chi connectivity index (χ1) is 8.13. The molecule has 0 amide bonds. The molecule has 2 rings (SSSR count). The lowest BCUT2D eigenvalue weighted by molar-refractivity contribution is 0.0663. The van der Waals surface area contributed by atoms with Crippen molar-refractivity contribution in [3.05, 3.63) is 36.2 Å². The van der Waals surface area contributed by atoms with Crippen LogP contribution in [0.5, 0.6) is 5.75 Å². The van der Waals surface area contributed by atoms with Gasteiger partial charge in [-0.1, -0.05) is 0 Å². The number of benzene rings is 1. The van der Waals surface area contributed by atoms with Crippen LogP contribution in [-0.4, -0.2) is 23.2 Å². The van der Waals surface area contributed by atoms with E-state index in [1.54, 1.807) is 0 Å². The highest BCUT2D eigenvalue weighted by Gasteiger charge is 2.20. The first-order valence-corrected chi connectivity index (χ1v) is 4.64. The summed E-state index contributed by atoms with van der Waals surface area (Å²) >= 11 is 0. The van der Waals surface area contributed by atoms with Gasteiger partial charge in [-0.3, -0.25) is 0 Å². The Balaban J connectivity index is 2.60. The SMILES string of the molecule is COc1cc(F)ccc1-c1ncoc1C(=O)O. The maximum Gasteiger partial charge on any atom is 0.374 e. The second kappa shape index (κ2) is 4.25. The van der Waals surface area contributed by atoms with E-state index in [1.807, 2.05) is 0 Å². The van der Waals surface area contributed by atoms with Crippen molar-refractivity contribution in [3.63, 3.8) is 0 Å². The zero-order valence-corrected chi connectivity index (χ0v) is 8.81. The number of hydrogen-bond donors (Lipinski definition) is 1. The minimum absolute atomic E-state index is 0.106. The Morgan fingerprint density at radius 3 is 2.94 bits per heavy atom. The molecule has 1 aromatic heterocycles. The largest absolute Gasteiger partial charge is 0.496 e. The van der Waals surface area contributed by atoms with Gasteiger partial charge in [0.25, 0.3) is 0 Å². The van der Waals surface area contributed by atoms with Gasteiger partial charge in [0.15, 0.2) is 6.39 Å². The Morgan fingerprint density at radius 2 is 2.29 bits per heavy atom. The topological polar surface area (TPSA) is 72.6 Å². The minimum Gasteiger partial charge on any atom is -0.496 e. The van der Waals surface area contributed by atoms with E-state index in [-0.39, 0.29) is 17.2 Å². The molecule has 0 aliphatic rings. The second-order valence-corrected chi connectivity index (χ2v) is 3.18. The van der Waals surface area contributed by atoms with Crippen LogP contribution in [0.25, 0.3) is 11.3 Å². The second-order valence-electron chi connectivity index (χ2n) is 3.18. The van der Waals surface area contributed by atoms with Gasteiger partial charge in [0.2, 0.25) is 5.76 Å². The van der Waals surface area contributed by atoms with Gasteiger partial charge in [0.05, 0.1) is 7.11 Å². The lowest BCUT2D eigenvalue weighted by Crippen LogP contribution is -1.98. The van der Waals surface area contributed by atoms with E-state index >= 15 is 0 Å². The third kappa shape index (κ3) is 1.96. The van der Waals surface area contributed by atoms with Crippen molar-refractivity contribution < 1.29 is 23.4 Å². The van der Waals surface area contributed by atoms with Gasteiger partial charge >= 0.3 is 5.97 Å². The minimum atomic E-state index is -1.25. The predicted molar refractivity (Wildman–Crippen MR) is 55.4 cm³/mol. The molecule has 0 unspecified atom stereocenters.